The zero-order chi connectivity index (χ0) is 13.5. The van der Waals surface area contributed by atoms with Crippen LogP contribution in [0.5, 0.6) is 0 Å². The molecule has 0 saturated carbocycles. The number of carbonyl (C=O) groups excluding carboxylic acids is 1. The minimum absolute atomic E-state index is 0.276. The molecule has 1 N–H and O–H groups in total. The minimum atomic E-state index is -1.56. The first kappa shape index (κ1) is 11.9. The highest BCUT2D eigenvalue weighted by Gasteiger charge is 2.50. The summed E-state index contributed by atoms with van der Waals surface area (Å²) < 4.78 is 0. The van der Waals surface area contributed by atoms with Gasteiger partial charge in [-0.25, -0.2) is 0 Å². The molecule has 19 heavy (non-hydrogen) atoms. The van der Waals surface area contributed by atoms with E-state index in [9.17, 15) is 9.90 Å². The fourth-order valence-corrected chi connectivity index (χ4v) is 2.71. The van der Waals surface area contributed by atoms with Crippen LogP contribution in [0.15, 0.2) is 54.6 Å². The molecule has 3 nitrogen and oxygen atoms in total. The van der Waals surface area contributed by atoms with Crippen molar-refractivity contribution in [1.82, 2.24) is 0 Å². The summed E-state index contributed by atoms with van der Waals surface area (Å²) >= 11 is 0. The van der Waals surface area contributed by atoms with Crippen molar-refractivity contribution >= 4 is 11.6 Å². The van der Waals surface area contributed by atoms with Crippen molar-refractivity contribution in [2.24, 2.45) is 0 Å². The second-order valence-corrected chi connectivity index (χ2v) is 4.64. The molecule has 0 fully saturated rings. The number of nitrogens with zero attached hydrogens (tertiary/aromatic N) is 1. The van der Waals surface area contributed by atoms with Gasteiger partial charge in [-0.3, -0.25) is 4.79 Å². The van der Waals surface area contributed by atoms with Crippen molar-refractivity contribution in [1.29, 1.82) is 0 Å². The number of fused-ring (bicyclic) bond motifs is 1. The number of hydrogen-bond donors (Lipinski definition) is 1. The van der Waals surface area contributed by atoms with Gasteiger partial charge in [-0.05, 0) is 18.6 Å². The van der Waals surface area contributed by atoms with Crippen molar-refractivity contribution in [3.05, 3.63) is 65.7 Å². The molecule has 3 heteroatoms. The van der Waals surface area contributed by atoms with Crippen LogP contribution < -0.4 is 4.90 Å². The van der Waals surface area contributed by atoms with Crippen LogP contribution in [0.4, 0.5) is 5.69 Å². The van der Waals surface area contributed by atoms with E-state index in [-0.39, 0.29) is 5.91 Å². The van der Waals surface area contributed by atoms with E-state index in [1.165, 1.54) is 0 Å². The molecular formula is C16H15NO2. The third-order valence-electron chi connectivity index (χ3n) is 3.65. The van der Waals surface area contributed by atoms with Gasteiger partial charge in [0.05, 0.1) is 5.69 Å². The normalized spacial score (nSPS) is 21.6. The topological polar surface area (TPSA) is 40.5 Å². The molecule has 0 radical (unpaired) electrons. The monoisotopic (exact) mass is 253 g/mol. The molecular weight excluding hydrogens is 238 g/mol. The highest BCUT2D eigenvalue weighted by Crippen LogP contribution is 2.43. The summed E-state index contributed by atoms with van der Waals surface area (Å²) in [6.07, 6.45) is 0. The first-order chi connectivity index (χ1) is 9.19. The second kappa shape index (κ2) is 4.21. The molecule has 96 valence electrons. The van der Waals surface area contributed by atoms with Gasteiger partial charge in [-0.15, -0.1) is 0 Å². The molecule has 0 aliphatic carbocycles. The van der Waals surface area contributed by atoms with Gasteiger partial charge in [-0.2, -0.15) is 0 Å². The Morgan fingerprint density at radius 1 is 1.05 bits per heavy atom. The zero-order valence-electron chi connectivity index (χ0n) is 10.7. The summed E-state index contributed by atoms with van der Waals surface area (Å²) in [6, 6.07) is 16.5. The summed E-state index contributed by atoms with van der Waals surface area (Å²) in [5.74, 6) is -0.276. The molecule has 2 aromatic carbocycles. The van der Waals surface area contributed by atoms with Crippen LogP contribution in [0.2, 0.25) is 0 Å². The zero-order valence-corrected chi connectivity index (χ0v) is 10.7. The summed E-state index contributed by atoms with van der Waals surface area (Å²) in [6.45, 7) is 2.45. The maximum Gasteiger partial charge on any atom is 0.268 e. The van der Waals surface area contributed by atoms with Crippen LogP contribution >= 0.6 is 0 Å². The van der Waals surface area contributed by atoms with E-state index in [0.717, 1.165) is 5.69 Å². The Morgan fingerprint density at radius 2 is 1.68 bits per heavy atom. The van der Waals surface area contributed by atoms with Crippen LogP contribution in [0.25, 0.3) is 0 Å². The molecule has 1 aliphatic rings. The van der Waals surface area contributed by atoms with Crippen molar-refractivity contribution in [2.75, 3.05) is 11.4 Å². The van der Waals surface area contributed by atoms with Crippen molar-refractivity contribution in [3.8, 4) is 0 Å². The average Bonchev–Trinajstić information content (AvgIpc) is 2.70. The lowest BCUT2D eigenvalue weighted by Gasteiger charge is -2.23. The number of rotatable bonds is 2. The van der Waals surface area contributed by atoms with E-state index in [4.69, 9.17) is 0 Å². The predicted molar refractivity (Wildman–Crippen MR) is 73.9 cm³/mol. The Kier molecular flexibility index (Phi) is 2.64. The van der Waals surface area contributed by atoms with E-state index < -0.39 is 5.60 Å². The van der Waals surface area contributed by atoms with Crippen LogP contribution in [0.3, 0.4) is 0 Å². The lowest BCUT2D eigenvalue weighted by atomic mass is 9.88. The SMILES string of the molecule is CCN1C(=O)[C@](O)(c2ccccc2)c2ccccc21. The highest BCUT2D eigenvalue weighted by molar-refractivity contribution is 6.09. The molecule has 0 bridgehead atoms. The number of para-hydroxylation sites is 1. The van der Waals surface area contributed by atoms with Gasteiger partial charge in [0.2, 0.25) is 0 Å². The van der Waals surface area contributed by atoms with Crippen LogP contribution in [-0.2, 0) is 10.4 Å². The summed E-state index contributed by atoms with van der Waals surface area (Å²) in [4.78, 5) is 14.2. The van der Waals surface area contributed by atoms with Gasteiger partial charge in [0.25, 0.3) is 5.91 Å². The molecule has 0 aromatic heterocycles. The summed E-state index contributed by atoms with van der Waals surface area (Å²) in [7, 11) is 0. The molecule has 0 saturated heterocycles. The fraction of sp³-hybridized carbons (Fsp3) is 0.188. The number of hydrogen-bond acceptors (Lipinski definition) is 2. The number of benzene rings is 2. The Bertz CT molecular complexity index is 624. The number of amides is 1. The number of likely N-dealkylation sites (N-methyl/N-ethyl adjacent to an activating group) is 1. The van der Waals surface area contributed by atoms with Gasteiger partial charge in [0.15, 0.2) is 5.60 Å². The summed E-state index contributed by atoms with van der Waals surface area (Å²) in [5.41, 5.74) is 0.506. The number of anilines is 1. The predicted octanol–water partition coefficient (Wildman–Crippen LogP) is 2.29. The maximum absolute atomic E-state index is 12.6. The highest BCUT2D eigenvalue weighted by atomic mass is 16.3. The molecule has 1 atom stereocenters. The van der Waals surface area contributed by atoms with Crippen molar-refractivity contribution in [2.45, 2.75) is 12.5 Å². The van der Waals surface area contributed by atoms with E-state index in [2.05, 4.69) is 0 Å². The van der Waals surface area contributed by atoms with Crippen molar-refractivity contribution < 1.29 is 9.90 Å². The molecule has 3 rings (SSSR count). The van der Waals surface area contributed by atoms with E-state index in [1.807, 2.05) is 49.4 Å². The lowest BCUT2D eigenvalue weighted by Crippen LogP contribution is -2.41. The third-order valence-corrected chi connectivity index (χ3v) is 3.65. The van der Waals surface area contributed by atoms with Crippen LogP contribution in [0.1, 0.15) is 18.1 Å². The van der Waals surface area contributed by atoms with Gasteiger partial charge >= 0.3 is 0 Å². The average molecular weight is 253 g/mol. The minimum Gasteiger partial charge on any atom is -0.372 e. The summed E-state index contributed by atoms with van der Waals surface area (Å²) in [5, 5.41) is 11.0. The second-order valence-electron chi connectivity index (χ2n) is 4.64. The molecule has 1 heterocycles. The van der Waals surface area contributed by atoms with E-state index in [1.54, 1.807) is 17.0 Å². The maximum atomic E-state index is 12.6. The van der Waals surface area contributed by atoms with Crippen LogP contribution in [0, 0.1) is 0 Å². The quantitative estimate of drug-likeness (QED) is 0.892. The lowest BCUT2D eigenvalue weighted by molar-refractivity contribution is -0.132. The van der Waals surface area contributed by atoms with Gasteiger partial charge in [0, 0.05) is 12.1 Å². The molecule has 1 amide bonds. The number of carbonyl (C=O) groups is 1. The molecule has 0 unspecified atom stereocenters. The fourth-order valence-electron chi connectivity index (χ4n) is 2.71. The van der Waals surface area contributed by atoms with Gasteiger partial charge < -0.3 is 10.0 Å². The smallest absolute Gasteiger partial charge is 0.268 e. The number of aliphatic hydroxyl groups is 1. The standard InChI is InChI=1S/C16H15NO2/c1-2-17-14-11-7-6-10-13(14)16(19,15(17)18)12-8-4-3-5-9-12/h3-11,19H,2H2,1H3/t16-/m0/s1. The van der Waals surface area contributed by atoms with Gasteiger partial charge in [-0.1, -0.05) is 48.5 Å². The Morgan fingerprint density at radius 3 is 2.37 bits per heavy atom. The van der Waals surface area contributed by atoms with E-state index >= 15 is 0 Å². The Balaban J connectivity index is 2.25. The van der Waals surface area contributed by atoms with Gasteiger partial charge in [0.1, 0.15) is 0 Å². The Hall–Kier alpha value is -2.13. The first-order valence-electron chi connectivity index (χ1n) is 6.39. The van der Waals surface area contributed by atoms with E-state index in [0.29, 0.717) is 17.7 Å². The first-order valence-corrected chi connectivity index (χ1v) is 6.39. The third kappa shape index (κ3) is 1.52. The molecule has 1 aliphatic heterocycles. The Labute approximate surface area is 112 Å². The largest absolute Gasteiger partial charge is 0.372 e. The van der Waals surface area contributed by atoms with Crippen molar-refractivity contribution in [3.63, 3.8) is 0 Å². The molecule has 2 aromatic rings. The molecule has 0 spiro atoms. The van der Waals surface area contributed by atoms with Crippen LogP contribution in [-0.4, -0.2) is 17.6 Å².